The maximum Gasteiger partial charge on any atom is 0.0742 e. The molecule has 5 heteroatoms. The average Bonchev–Trinajstić information content (AvgIpc) is 1.90. The van der Waals surface area contributed by atoms with Crippen LogP contribution < -0.4 is 10.0 Å². The summed E-state index contributed by atoms with van der Waals surface area (Å²) in [4.78, 5) is 1.68. The molecule has 70 valence electrons. The van der Waals surface area contributed by atoms with Crippen LogP contribution in [0.25, 0.3) is 0 Å². The van der Waals surface area contributed by atoms with Crippen molar-refractivity contribution < 1.29 is 13.7 Å². The zero-order valence-corrected chi connectivity index (χ0v) is 8.24. The number of nitrogens with two attached hydrogens (primary N) is 1. The molecule has 0 aliphatic rings. The van der Waals surface area contributed by atoms with Crippen molar-refractivity contribution in [2.75, 3.05) is 19.6 Å². The highest BCUT2D eigenvalue weighted by Gasteiger charge is 1.92. The predicted octanol–water partition coefficient (Wildman–Crippen LogP) is -1.33. The largest absolute Gasteiger partial charge is 0.760 e. The molecular formula is C6H18N2O2S. The van der Waals surface area contributed by atoms with Gasteiger partial charge in [-0.1, -0.05) is 0 Å². The molecule has 0 aromatic rings. The Morgan fingerprint density at radius 2 is 1.45 bits per heavy atom. The van der Waals surface area contributed by atoms with Crippen LogP contribution in [0.2, 0.25) is 0 Å². The summed E-state index contributed by atoms with van der Waals surface area (Å²) < 4.78 is 17.6. The third kappa shape index (κ3) is 17.8. The molecule has 0 aliphatic carbocycles. The second kappa shape index (κ2) is 10.0. The lowest BCUT2D eigenvalue weighted by molar-refractivity contribution is -0.894. The molecule has 1 unspecified atom stereocenters. The molecule has 0 spiro atoms. The van der Waals surface area contributed by atoms with Gasteiger partial charge in [0.1, 0.15) is 0 Å². The first-order valence-corrected chi connectivity index (χ1v) is 4.89. The van der Waals surface area contributed by atoms with Crippen LogP contribution in [0.1, 0.15) is 20.8 Å². The van der Waals surface area contributed by atoms with Crippen molar-refractivity contribution in [2.24, 2.45) is 5.14 Å². The molecule has 0 bridgehead atoms. The molecule has 0 radical (unpaired) electrons. The first-order valence-electron chi connectivity index (χ1n) is 3.75. The van der Waals surface area contributed by atoms with Crippen LogP contribution in [-0.4, -0.2) is 28.4 Å². The van der Waals surface area contributed by atoms with Crippen LogP contribution in [0.5, 0.6) is 0 Å². The van der Waals surface area contributed by atoms with E-state index in [-0.39, 0.29) is 0 Å². The normalized spacial score (nSPS) is 12.2. The van der Waals surface area contributed by atoms with Gasteiger partial charge in [0.25, 0.3) is 0 Å². The fraction of sp³-hybridized carbons (Fsp3) is 1.00. The van der Waals surface area contributed by atoms with Crippen molar-refractivity contribution in [1.29, 1.82) is 0 Å². The number of hydrogen-bond donors (Lipinski definition) is 2. The summed E-state index contributed by atoms with van der Waals surface area (Å²) in [6.45, 7) is 10.5. The summed E-state index contributed by atoms with van der Waals surface area (Å²) in [6.07, 6.45) is 0. The van der Waals surface area contributed by atoms with Gasteiger partial charge < -0.3 is 9.45 Å². The Morgan fingerprint density at radius 1 is 1.27 bits per heavy atom. The third-order valence-electron chi connectivity index (χ3n) is 1.50. The summed E-state index contributed by atoms with van der Waals surface area (Å²) >= 11 is -2.36. The molecule has 0 aromatic carbocycles. The molecule has 0 aliphatic heterocycles. The lowest BCUT2D eigenvalue weighted by Gasteiger charge is -2.10. The van der Waals surface area contributed by atoms with Crippen LogP contribution in [0.3, 0.4) is 0 Å². The van der Waals surface area contributed by atoms with Crippen molar-refractivity contribution >= 4 is 11.3 Å². The number of hydrogen-bond acceptors (Lipinski definition) is 2. The Balaban J connectivity index is 0. The van der Waals surface area contributed by atoms with E-state index in [0.29, 0.717) is 0 Å². The second-order valence-corrected chi connectivity index (χ2v) is 2.59. The summed E-state index contributed by atoms with van der Waals surface area (Å²) in [5, 5.41) is 4.03. The van der Waals surface area contributed by atoms with E-state index in [9.17, 15) is 0 Å². The molecule has 0 amide bonds. The van der Waals surface area contributed by atoms with Gasteiger partial charge in [-0.05, 0) is 20.8 Å². The van der Waals surface area contributed by atoms with Gasteiger partial charge in [-0.2, -0.15) is 0 Å². The van der Waals surface area contributed by atoms with Gasteiger partial charge in [0.15, 0.2) is 0 Å². The minimum Gasteiger partial charge on any atom is -0.760 e. The van der Waals surface area contributed by atoms with Crippen LogP contribution in [0.15, 0.2) is 0 Å². The van der Waals surface area contributed by atoms with Crippen LogP contribution in [0.4, 0.5) is 0 Å². The number of quaternary nitrogens is 1. The van der Waals surface area contributed by atoms with E-state index in [1.807, 2.05) is 0 Å². The van der Waals surface area contributed by atoms with Gasteiger partial charge in [-0.3, -0.25) is 9.35 Å². The van der Waals surface area contributed by atoms with Crippen molar-refractivity contribution in [1.82, 2.24) is 0 Å². The zero-order valence-electron chi connectivity index (χ0n) is 7.42. The number of rotatable bonds is 3. The topological polar surface area (TPSA) is 70.6 Å². The van der Waals surface area contributed by atoms with Gasteiger partial charge >= 0.3 is 0 Å². The molecule has 1 atom stereocenters. The maximum atomic E-state index is 8.78. The summed E-state index contributed by atoms with van der Waals surface area (Å²) in [5.41, 5.74) is 0. The smallest absolute Gasteiger partial charge is 0.0742 e. The van der Waals surface area contributed by atoms with E-state index in [1.165, 1.54) is 19.6 Å². The molecule has 0 saturated heterocycles. The summed E-state index contributed by atoms with van der Waals surface area (Å²) in [7, 11) is 0. The van der Waals surface area contributed by atoms with Gasteiger partial charge in [-0.15, -0.1) is 0 Å². The minimum atomic E-state index is -2.36. The van der Waals surface area contributed by atoms with Gasteiger partial charge in [0.2, 0.25) is 0 Å². The van der Waals surface area contributed by atoms with Crippen molar-refractivity contribution in [3.8, 4) is 0 Å². The molecule has 0 saturated carbocycles. The van der Waals surface area contributed by atoms with Crippen molar-refractivity contribution in [2.45, 2.75) is 20.8 Å². The van der Waals surface area contributed by atoms with E-state index in [0.717, 1.165) is 0 Å². The predicted molar refractivity (Wildman–Crippen MR) is 45.7 cm³/mol. The Kier molecular flexibility index (Phi) is 12.4. The minimum absolute atomic E-state index is 1.27. The zero-order chi connectivity index (χ0) is 9.28. The third-order valence-corrected chi connectivity index (χ3v) is 1.50. The van der Waals surface area contributed by atoms with Crippen LogP contribution >= 0.6 is 0 Å². The highest BCUT2D eigenvalue weighted by atomic mass is 32.2. The average molecular weight is 182 g/mol. The summed E-state index contributed by atoms with van der Waals surface area (Å²) in [6, 6.07) is 0. The van der Waals surface area contributed by atoms with E-state index in [4.69, 9.17) is 8.76 Å². The van der Waals surface area contributed by atoms with Gasteiger partial charge in [-0.25, -0.2) is 0 Å². The Hall–Kier alpha value is 0.0300. The molecule has 0 aromatic heterocycles. The van der Waals surface area contributed by atoms with Crippen molar-refractivity contribution in [3.05, 3.63) is 0 Å². The molecule has 4 nitrogen and oxygen atoms in total. The first-order chi connectivity index (χ1) is 5.08. The molecule has 0 heterocycles. The highest BCUT2D eigenvalue weighted by Crippen LogP contribution is 1.45. The molecule has 3 N–H and O–H groups in total. The second-order valence-electron chi connectivity index (χ2n) is 2.07. The van der Waals surface area contributed by atoms with Crippen molar-refractivity contribution in [3.63, 3.8) is 0 Å². The van der Waals surface area contributed by atoms with Crippen LogP contribution in [0, 0.1) is 0 Å². The van der Waals surface area contributed by atoms with Gasteiger partial charge in [0, 0.05) is 11.3 Å². The monoisotopic (exact) mass is 182 g/mol. The van der Waals surface area contributed by atoms with E-state index < -0.39 is 11.3 Å². The molecule has 0 fully saturated rings. The molecule has 11 heavy (non-hydrogen) atoms. The standard InChI is InChI=1S/C6H15N.H3NO2S/c1-4-7(5-2)6-3;1-4(2)3/h4-6H2,1-3H3;1H2,(H,2,3). The SMILES string of the molecule is CC[NH+](CC)CC.NS(=O)[O-]. The van der Waals surface area contributed by atoms with Crippen LogP contribution in [-0.2, 0) is 11.3 Å². The van der Waals surface area contributed by atoms with E-state index in [1.54, 1.807) is 4.90 Å². The molecule has 0 rings (SSSR count). The number of nitrogens with one attached hydrogen (secondary N) is 1. The summed E-state index contributed by atoms with van der Waals surface area (Å²) in [5.74, 6) is 0. The fourth-order valence-electron chi connectivity index (χ4n) is 0.750. The fourth-order valence-corrected chi connectivity index (χ4v) is 0.750. The quantitative estimate of drug-likeness (QED) is 0.531. The lowest BCUT2D eigenvalue weighted by Crippen LogP contribution is -3.11. The van der Waals surface area contributed by atoms with E-state index in [2.05, 4.69) is 25.9 Å². The van der Waals surface area contributed by atoms with Gasteiger partial charge in [0.05, 0.1) is 19.6 Å². The Labute approximate surface area is 71.2 Å². The highest BCUT2D eigenvalue weighted by molar-refractivity contribution is 7.76. The lowest BCUT2D eigenvalue weighted by atomic mass is 10.5. The maximum absolute atomic E-state index is 8.78. The Bertz CT molecular complexity index is 87.1. The Morgan fingerprint density at radius 3 is 1.45 bits per heavy atom. The first kappa shape index (κ1) is 13.6. The molecular weight excluding hydrogens is 164 g/mol. The van der Waals surface area contributed by atoms with E-state index >= 15 is 0 Å².